The monoisotopic (exact) mass is 128 g/mol. The molecule has 1 aliphatic rings. The summed E-state index contributed by atoms with van der Waals surface area (Å²) >= 11 is 0. The fourth-order valence-corrected chi connectivity index (χ4v) is 1.34. The first-order chi connectivity index (χ1) is 4.34. The molecule has 9 heavy (non-hydrogen) atoms. The average Bonchev–Trinajstić information content (AvgIpc) is 1.91. The molecule has 1 aliphatic carbocycles. The van der Waals surface area contributed by atoms with Crippen LogP contribution in [-0.2, 0) is 0 Å². The van der Waals surface area contributed by atoms with Gasteiger partial charge in [0.05, 0.1) is 0 Å². The fourth-order valence-electron chi connectivity index (χ4n) is 1.34. The molecule has 56 valence electrons. The van der Waals surface area contributed by atoms with Crippen LogP contribution in [0.4, 0.5) is 0 Å². The molecule has 1 saturated carbocycles. The molecule has 0 aliphatic heterocycles. The topological polar surface area (TPSA) is 0 Å². The van der Waals surface area contributed by atoms with Crippen LogP contribution in [0.3, 0.4) is 0 Å². The molecule has 0 bridgehead atoms. The van der Waals surface area contributed by atoms with Gasteiger partial charge in [-0.25, -0.2) is 0 Å². The minimum absolute atomic E-state index is 1.05. The molecule has 1 rings (SSSR count). The second-order valence-electron chi connectivity index (χ2n) is 2.72. The second kappa shape index (κ2) is 4.84. The van der Waals surface area contributed by atoms with E-state index in [1.54, 1.807) is 0 Å². The van der Waals surface area contributed by atoms with Gasteiger partial charge < -0.3 is 0 Å². The normalized spacial score (nSPS) is 32.0. The third-order valence-corrected chi connectivity index (χ3v) is 2.32. The summed E-state index contributed by atoms with van der Waals surface area (Å²) < 4.78 is 0. The molecule has 0 aromatic heterocycles. The third-order valence-electron chi connectivity index (χ3n) is 2.32. The van der Waals surface area contributed by atoms with Crippen LogP contribution in [0.5, 0.6) is 0 Å². The van der Waals surface area contributed by atoms with Crippen LogP contribution in [0.1, 0.15) is 47.0 Å². The zero-order valence-electron chi connectivity index (χ0n) is 7.28. The highest BCUT2D eigenvalue weighted by atomic mass is 14.3. The van der Waals surface area contributed by atoms with E-state index in [-0.39, 0.29) is 0 Å². The fraction of sp³-hybridized carbons (Fsp3) is 1.00. The maximum absolute atomic E-state index is 2.36. The summed E-state index contributed by atoms with van der Waals surface area (Å²) in [5, 5.41) is 0. The molecule has 0 radical (unpaired) electrons. The van der Waals surface area contributed by atoms with Crippen molar-refractivity contribution < 1.29 is 0 Å². The molecule has 0 aromatic rings. The quantitative estimate of drug-likeness (QED) is 0.507. The van der Waals surface area contributed by atoms with E-state index >= 15 is 0 Å². The van der Waals surface area contributed by atoms with Gasteiger partial charge >= 0.3 is 0 Å². The molecule has 0 heterocycles. The van der Waals surface area contributed by atoms with Crippen molar-refractivity contribution in [3.8, 4) is 0 Å². The molecule has 0 saturated heterocycles. The standard InChI is InChI=1S/C7H14.C2H6/c1-3-7-5-4-6(7)2;1-2/h6-7H,3-5H2,1-2H3;1-2H3. The summed E-state index contributed by atoms with van der Waals surface area (Å²) in [5.41, 5.74) is 0. The highest BCUT2D eigenvalue weighted by Crippen LogP contribution is 2.35. The van der Waals surface area contributed by atoms with Crippen molar-refractivity contribution in [1.29, 1.82) is 0 Å². The van der Waals surface area contributed by atoms with Crippen molar-refractivity contribution in [2.24, 2.45) is 11.8 Å². The van der Waals surface area contributed by atoms with Crippen LogP contribution in [0.15, 0.2) is 0 Å². The number of hydrogen-bond acceptors (Lipinski definition) is 0. The van der Waals surface area contributed by atoms with E-state index in [1.165, 1.54) is 19.3 Å². The third kappa shape index (κ3) is 2.38. The largest absolute Gasteiger partial charge is 0.0683 e. The molecule has 1 fully saturated rings. The van der Waals surface area contributed by atoms with Crippen LogP contribution in [-0.4, -0.2) is 0 Å². The van der Waals surface area contributed by atoms with Gasteiger partial charge in [-0.15, -0.1) is 0 Å². The van der Waals surface area contributed by atoms with E-state index in [0.717, 1.165) is 11.8 Å². The molecular formula is C9H20. The van der Waals surface area contributed by atoms with E-state index in [4.69, 9.17) is 0 Å². The smallest absolute Gasteiger partial charge is 0.0391 e. The Bertz CT molecular complexity index is 55.1. The van der Waals surface area contributed by atoms with E-state index in [2.05, 4.69) is 13.8 Å². The summed E-state index contributed by atoms with van der Waals surface area (Å²) in [7, 11) is 0. The van der Waals surface area contributed by atoms with Crippen molar-refractivity contribution in [1.82, 2.24) is 0 Å². The molecule has 2 atom stereocenters. The zero-order chi connectivity index (χ0) is 7.28. The molecule has 0 heteroatoms. The molecule has 2 unspecified atom stereocenters. The van der Waals surface area contributed by atoms with Gasteiger partial charge in [0.15, 0.2) is 0 Å². The lowest BCUT2D eigenvalue weighted by Gasteiger charge is -2.32. The Balaban J connectivity index is 0.000000291. The molecular weight excluding hydrogens is 108 g/mol. The van der Waals surface area contributed by atoms with Gasteiger partial charge in [0, 0.05) is 0 Å². The first kappa shape index (κ1) is 9.00. The Morgan fingerprint density at radius 1 is 1.22 bits per heavy atom. The predicted molar refractivity (Wildman–Crippen MR) is 43.5 cm³/mol. The van der Waals surface area contributed by atoms with Crippen LogP contribution in [0.2, 0.25) is 0 Å². The van der Waals surface area contributed by atoms with E-state index in [0.29, 0.717) is 0 Å². The summed E-state index contributed by atoms with van der Waals surface area (Å²) in [4.78, 5) is 0. The van der Waals surface area contributed by atoms with Gasteiger partial charge in [-0.3, -0.25) is 0 Å². The van der Waals surface area contributed by atoms with E-state index in [1.807, 2.05) is 13.8 Å². The SMILES string of the molecule is CC.CCC1CCC1C. The molecule has 0 N–H and O–H groups in total. The van der Waals surface area contributed by atoms with Crippen LogP contribution < -0.4 is 0 Å². The first-order valence-corrected chi connectivity index (χ1v) is 4.34. The lowest BCUT2D eigenvalue weighted by molar-refractivity contribution is 0.190. The Hall–Kier alpha value is 0. The predicted octanol–water partition coefficient (Wildman–Crippen LogP) is 3.47. The van der Waals surface area contributed by atoms with Gasteiger partial charge in [-0.1, -0.05) is 40.5 Å². The maximum atomic E-state index is 2.36. The zero-order valence-corrected chi connectivity index (χ0v) is 7.28. The minimum Gasteiger partial charge on any atom is -0.0683 e. The Labute approximate surface area is 59.7 Å². The van der Waals surface area contributed by atoms with Gasteiger partial charge in [0.2, 0.25) is 0 Å². The van der Waals surface area contributed by atoms with Crippen LogP contribution in [0.25, 0.3) is 0 Å². The van der Waals surface area contributed by atoms with Gasteiger partial charge in [0.1, 0.15) is 0 Å². The number of hydrogen-bond donors (Lipinski definition) is 0. The average molecular weight is 128 g/mol. The molecule has 0 aromatic carbocycles. The van der Waals surface area contributed by atoms with Crippen LogP contribution >= 0.6 is 0 Å². The summed E-state index contributed by atoms with van der Waals surface area (Å²) in [6.45, 7) is 8.65. The van der Waals surface area contributed by atoms with Crippen molar-refractivity contribution in [2.75, 3.05) is 0 Å². The Morgan fingerprint density at radius 3 is 1.78 bits per heavy atom. The van der Waals surface area contributed by atoms with Gasteiger partial charge in [-0.2, -0.15) is 0 Å². The molecule has 0 amide bonds. The lowest BCUT2D eigenvalue weighted by Crippen LogP contribution is -2.21. The van der Waals surface area contributed by atoms with Crippen LogP contribution in [0, 0.1) is 11.8 Å². The minimum atomic E-state index is 1.05. The van der Waals surface area contributed by atoms with Crippen molar-refractivity contribution in [3.63, 3.8) is 0 Å². The molecule has 0 spiro atoms. The van der Waals surface area contributed by atoms with Gasteiger partial charge in [-0.05, 0) is 18.3 Å². The Kier molecular flexibility index (Phi) is 4.84. The molecule has 0 nitrogen and oxygen atoms in total. The summed E-state index contributed by atoms with van der Waals surface area (Å²) in [6.07, 6.45) is 4.39. The van der Waals surface area contributed by atoms with E-state index in [9.17, 15) is 0 Å². The lowest BCUT2D eigenvalue weighted by atomic mass is 9.74. The maximum Gasteiger partial charge on any atom is -0.0391 e. The van der Waals surface area contributed by atoms with E-state index < -0.39 is 0 Å². The van der Waals surface area contributed by atoms with Gasteiger partial charge in [0.25, 0.3) is 0 Å². The highest BCUT2D eigenvalue weighted by molar-refractivity contribution is 4.75. The Morgan fingerprint density at radius 2 is 1.78 bits per heavy atom. The summed E-state index contributed by atoms with van der Waals surface area (Å²) in [6, 6.07) is 0. The highest BCUT2D eigenvalue weighted by Gasteiger charge is 2.23. The number of rotatable bonds is 1. The second-order valence-corrected chi connectivity index (χ2v) is 2.72. The van der Waals surface area contributed by atoms with Crippen molar-refractivity contribution in [2.45, 2.75) is 47.0 Å². The van der Waals surface area contributed by atoms with Crippen molar-refractivity contribution >= 4 is 0 Å². The van der Waals surface area contributed by atoms with Crippen molar-refractivity contribution in [3.05, 3.63) is 0 Å². The first-order valence-electron chi connectivity index (χ1n) is 4.34. The summed E-state index contributed by atoms with van der Waals surface area (Å²) in [5.74, 6) is 2.13.